The smallest absolute Gasteiger partial charge is 0.240 e. The first-order chi connectivity index (χ1) is 12.9. The van der Waals surface area contributed by atoms with E-state index in [4.69, 9.17) is 11.6 Å². The van der Waals surface area contributed by atoms with Crippen LogP contribution in [-0.4, -0.2) is 56.8 Å². The van der Waals surface area contributed by atoms with Gasteiger partial charge in [-0.05, 0) is 29.6 Å². The Balaban J connectivity index is 1.42. The molecule has 1 aromatic heterocycles. The lowest BCUT2D eigenvalue weighted by Crippen LogP contribution is -2.48. The van der Waals surface area contributed by atoms with Crippen LogP contribution in [0.25, 0.3) is 0 Å². The predicted molar refractivity (Wildman–Crippen MR) is 107 cm³/mol. The molecule has 1 amide bonds. The molecule has 1 saturated heterocycles. The minimum Gasteiger partial charge on any atom is -0.340 e. The van der Waals surface area contributed by atoms with E-state index in [-0.39, 0.29) is 23.8 Å². The van der Waals surface area contributed by atoms with E-state index in [1.54, 1.807) is 28.4 Å². The van der Waals surface area contributed by atoms with Gasteiger partial charge in [0.15, 0.2) is 0 Å². The Morgan fingerprint density at radius 2 is 1.93 bits per heavy atom. The molecule has 1 aliphatic heterocycles. The van der Waals surface area contributed by atoms with E-state index in [2.05, 4.69) is 21.1 Å². The molecule has 1 aliphatic rings. The molecule has 146 valence electrons. The number of rotatable bonds is 7. The van der Waals surface area contributed by atoms with E-state index >= 15 is 0 Å². The van der Waals surface area contributed by atoms with Gasteiger partial charge in [-0.2, -0.15) is 0 Å². The van der Waals surface area contributed by atoms with Gasteiger partial charge in [-0.1, -0.05) is 23.7 Å². The fourth-order valence-corrected chi connectivity index (χ4v) is 5.02. The summed E-state index contributed by atoms with van der Waals surface area (Å²) < 4.78 is 26.9. The lowest BCUT2D eigenvalue weighted by atomic mass is 10.2. The lowest BCUT2D eigenvalue weighted by Gasteiger charge is -2.34. The van der Waals surface area contributed by atoms with Crippen molar-refractivity contribution in [2.24, 2.45) is 0 Å². The topological polar surface area (TPSA) is 69.7 Å². The van der Waals surface area contributed by atoms with Crippen molar-refractivity contribution < 1.29 is 13.2 Å². The molecule has 1 N–H and O–H groups in total. The molecule has 3 rings (SSSR count). The Hall–Kier alpha value is -1.45. The van der Waals surface area contributed by atoms with Gasteiger partial charge in [0.05, 0.1) is 4.90 Å². The molecule has 1 aromatic carbocycles. The molecule has 0 radical (unpaired) electrons. The van der Waals surface area contributed by atoms with E-state index in [9.17, 15) is 13.2 Å². The summed E-state index contributed by atoms with van der Waals surface area (Å²) in [6.07, 6.45) is 0.144. The van der Waals surface area contributed by atoms with Crippen LogP contribution >= 0.6 is 22.9 Å². The van der Waals surface area contributed by atoms with E-state index in [0.717, 1.165) is 19.6 Å². The lowest BCUT2D eigenvalue weighted by molar-refractivity contribution is -0.132. The largest absolute Gasteiger partial charge is 0.340 e. The summed E-state index contributed by atoms with van der Waals surface area (Å²) in [6.45, 7) is 3.99. The molecular formula is C18H22ClN3O3S2. The van der Waals surface area contributed by atoms with Crippen LogP contribution in [0.3, 0.4) is 0 Å². The number of nitrogens with zero attached hydrogens (tertiary/aromatic N) is 2. The van der Waals surface area contributed by atoms with Crippen molar-refractivity contribution in [3.8, 4) is 0 Å². The molecule has 9 heteroatoms. The molecule has 6 nitrogen and oxygen atoms in total. The van der Waals surface area contributed by atoms with Gasteiger partial charge in [-0.15, -0.1) is 11.3 Å². The highest BCUT2D eigenvalue weighted by Crippen LogP contribution is 2.16. The molecule has 0 spiro atoms. The molecule has 0 aliphatic carbocycles. The van der Waals surface area contributed by atoms with Crippen LogP contribution in [0.2, 0.25) is 5.02 Å². The second-order valence-electron chi connectivity index (χ2n) is 6.34. The molecule has 0 bridgehead atoms. The van der Waals surface area contributed by atoms with Gasteiger partial charge < -0.3 is 4.90 Å². The van der Waals surface area contributed by atoms with Crippen LogP contribution in [0, 0.1) is 0 Å². The molecule has 1 fully saturated rings. The SMILES string of the molecule is O=C(CCNS(=O)(=O)c1cccc(Cl)c1)N1CCN(Cc2cccs2)CC1. The normalized spacial score (nSPS) is 15.8. The highest BCUT2D eigenvalue weighted by atomic mass is 35.5. The molecule has 0 saturated carbocycles. The number of amides is 1. The number of nitrogens with one attached hydrogen (secondary N) is 1. The first-order valence-electron chi connectivity index (χ1n) is 8.72. The number of hydrogen-bond donors (Lipinski definition) is 1. The zero-order chi connectivity index (χ0) is 19.3. The standard InChI is InChI=1S/C18H22ClN3O3S2/c19-15-3-1-5-17(13-15)27(24,25)20-7-6-18(23)22-10-8-21(9-11-22)14-16-4-2-12-26-16/h1-5,12-13,20H,6-11,14H2. The van der Waals surface area contributed by atoms with Crippen LogP contribution in [-0.2, 0) is 21.4 Å². The summed E-state index contributed by atoms with van der Waals surface area (Å²) in [5.41, 5.74) is 0. The van der Waals surface area contributed by atoms with E-state index in [1.165, 1.54) is 17.0 Å². The van der Waals surface area contributed by atoms with Crippen molar-refractivity contribution in [3.05, 3.63) is 51.7 Å². The summed E-state index contributed by atoms with van der Waals surface area (Å²) in [5, 5.41) is 2.42. The minimum absolute atomic E-state index is 0.0282. The average molecular weight is 428 g/mol. The molecule has 27 heavy (non-hydrogen) atoms. The van der Waals surface area contributed by atoms with Gasteiger partial charge >= 0.3 is 0 Å². The van der Waals surface area contributed by atoms with Crippen molar-refractivity contribution in [3.63, 3.8) is 0 Å². The van der Waals surface area contributed by atoms with Crippen LogP contribution in [0.1, 0.15) is 11.3 Å². The maximum atomic E-state index is 12.4. The number of hydrogen-bond acceptors (Lipinski definition) is 5. The summed E-state index contributed by atoms with van der Waals surface area (Å²) >= 11 is 7.58. The van der Waals surface area contributed by atoms with Gasteiger partial charge in [0, 0.05) is 55.6 Å². The third-order valence-corrected chi connectivity index (χ3v) is 6.98. The van der Waals surface area contributed by atoms with Gasteiger partial charge in [-0.3, -0.25) is 9.69 Å². The number of thiophene rings is 1. The number of sulfonamides is 1. The van der Waals surface area contributed by atoms with Crippen LogP contribution in [0.4, 0.5) is 0 Å². The second-order valence-corrected chi connectivity index (χ2v) is 9.58. The maximum absolute atomic E-state index is 12.4. The van der Waals surface area contributed by atoms with Crippen molar-refractivity contribution in [1.82, 2.24) is 14.5 Å². The third kappa shape index (κ3) is 5.76. The monoisotopic (exact) mass is 427 g/mol. The van der Waals surface area contributed by atoms with Gasteiger partial charge in [0.25, 0.3) is 0 Å². The molecular weight excluding hydrogens is 406 g/mol. The average Bonchev–Trinajstić information content (AvgIpc) is 3.15. The molecule has 0 unspecified atom stereocenters. The Kier molecular flexibility index (Phi) is 6.88. The molecule has 0 atom stereocenters. The number of benzene rings is 1. The number of halogens is 1. The van der Waals surface area contributed by atoms with Crippen molar-refractivity contribution in [1.29, 1.82) is 0 Å². The van der Waals surface area contributed by atoms with Crippen LogP contribution < -0.4 is 4.72 Å². The first kappa shape index (κ1) is 20.3. The fraction of sp³-hybridized carbons (Fsp3) is 0.389. The van der Waals surface area contributed by atoms with Gasteiger partial charge in [0.1, 0.15) is 0 Å². The predicted octanol–water partition coefficient (Wildman–Crippen LogP) is 2.41. The Bertz CT molecular complexity index is 864. The second kappa shape index (κ2) is 9.16. The Morgan fingerprint density at radius 3 is 2.59 bits per heavy atom. The van der Waals surface area contributed by atoms with Crippen molar-refractivity contribution in [2.45, 2.75) is 17.9 Å². The zero-order valence-electron chi connectivity index (χ0n) is 14.8. The van der Waals surface area contributed by atoms with E-state index in [0.29, 0.717) is 18.1 Å². The number of carbonyl (C=O) groups is 1. The van der Waals surface area contributed by atoms with Crippen molar-refractivity contribution >= 4 is 38.9 Å². The quantitative estimate of drug-likeness (QED) is 0.736. The van der Waals surface area contributed by atoms with Gasteiger partial charge in [-0.25, -0.2) is 13.1 Å². The summed E-state index contributed by atoms with van der Waals surface area (Å²) in [6, 6.07) is 10.2. The highest BCUT2D eigenvalue weighted by Gasteiger charge is 2.22. The van der Waals surface area contributed by atoms with E-state index < -0.39 is 10.0 Å². The number of carbonyl (C=O) groups excluding carboxylic acids is 1. The van der Waals surface area contributed by atoms with Crippen LogP contribution in [0.5, 0.6) is 0 Å². The summed E-state index contributed by atoms with van der Waals surface area (Å²) in [4.78, 5) is 17.9. The Morgan fingerprint density at radius 1 is 1.15 bits per heavy atom. The molecule has 2 heterocycles. The Labute approximate surface area is 168 Å². The van der Waals surface area contributed by atoms with E-state index in [1.807, 2.05) is 6.07 Å². The zero-order valence-corrected chi connectivity index (χ0v) is 17.2. The number of piperazine rings is 1. The highest BCUT2D eigenvalue weighted by molar-refractivity contribution is 7.89. The molecule has 2 aromatic rings. The fourth-order valence-electron chi connectivity index (χ4n) is 2.95. The van der Waals surface area contributed by atoms with Crippen molar-refractivity contribution in [2.75, 3.05) is 32.7 Å². The minimum atomic E-state index is -3.66. The van der Waals surface area contributed by atoms with Crippen LogP contribution in [0.15, 0.2) is 46.7 Å². The maximum Gasteiger partial charge on any atom is 0.240 e. The first-order valence-corrected chi connectivity index (χ1v) is 11.5. The van der Waals surface area contributed by atoms with Gasteiger partial charge in [0.2, 0.25) is 15.9 Å². The third-order valence-electron chi connectivity index (χ3n) is 4.42. The summed E-state index contributed by atoms with van der Waals surface area (Å²) in [7, 11) is -3.66. The summed E-state index contributed by atoms with van der Waals surface area (Å²) in [5.74, 6) is -0.0282.